The van der Waals surface area contributed by atoms with Gasteiger partial charge in [-0.1, -0.05) is 17.7 Å². The molecule has 5 heteroatoms. The van der Waals surface area contributed by atoms with Crippen molar-refractivity contribution >= 4 is 17.7 Å². The average Bonchev–Trinajstić information content (AvgIpc) is 1.98. The number of primary amides is 1. The van der Waals surface area contributed by atoms with Crippen LogP contribution in [0.25, 0.3) is 0 Å². The quantitative estimate of drug-likeness (QED) is 0.700. The van der Waals surface area contributed by atoms with Crippen LogP contribution in [0.3, 0.4) is 0 Å². The number of carbonyl (C=O) groups is 1. The third-order valence-electron chi connectivity index (χ3n) is 1.16. The molecular weight excluding hydrogens is 182 g/mol. The van der Waals surface area contributed by atoms with Crippen LogP contribution in [0.4, 0.5) is 4.79 Å². The number of rotatable bonds is 1. The summed E-state index contributed by atoms with van der Waals surface area (Å²) in [5.41, 5.74) is 4.73. The van der Waals surface area contributed by atoms with Crippen LogP contribution in [0.15, 0.2) is 18.2 Å². The summed E-state index contributed by atoms with van der Waals surface area (Å²) in [6, 6.07) is 4.37. The summed E-state index contributed by atoms with van der Waals surface area (Å²) in [5, 5.41) is 9.29. The number of nitrogens with two attached hydrogens (primary N) is 1. The molecule has 0 aliphatic carbocycles. The smallest absolute Gasteiger partial charge is 0.410 e. The van der Waals surface area contributed by atoms with E-state index in [2.05, 4.69) is 4.74 Å². The Balaban J connectivity index is 3.00. The Bertz CT molecular complexity index is 314. The zero-order valence-corrected chi connectivity index (χ0v) is 6.71. The number of phenols is 1. The van der Waals surface area contributed by atoms with Gasteiger partial charge in [-0.05, 0) is 12.1 Å². The minimum Gasteiger partial charge on any atom is -0.503 e. The number of carbonyl (C=O) groups excluding carboxylic acids is 1. The second-order valence-corrected chi connectivity index (χ2v) is 2.41. The molecule has 0 radical (unpaired) electrons. The number of hydrogen-bond acceptors (Lipinski definition) is 3. The molecule has 1 aromatic rings. The van der Waals surface area contributed by atoms with Crippen molar-refractivity contribution in [3.05, 3.63) is 23.2 Å². The normalized spacial score (nSPS) is 9.42. The monoisotopic (exact) mass is 187 g/mol. The Morgan fingerprint density at radius 3 is 2.83 bits per heavy atom. The van der Waals surface area contributed by atoms with Crippen molar-refractivity contribution in [2.45, 2.75) is 0 Å². The van der Waals surface area contributed by atoms with Gasteiger partial charge < -0.3 is 15.6 Å². The van der Waals surface area contributed by atoms with Crippen molar-refractivity contribution in [1.29, 1.82) is 0 Å². The SMILES string of the molecule is NC(=O)Oc1cccc(Cl)c1O. The summed E-state index contributed by atoms with van der Waals surface area (Å²) < 4.78 is 4.43. The summed E-state index contributed by atoms with van der Waals surface area (Å²) in [6.45, 7) is 0. The predicted molar refractivity (Wildman–Crippen MR) is 43.3 cm³/mol. The Labute approximate surface area is 73.5 Å². The Hall–Kier alpha value is -1.42. The molecule has 4 nitrogen and oxygen atoms in total. The average molecular weight is 188 g/mol. The summed E-state index contributed by atoms with van der Waals surface area (Å²) in [6.07, 6.45) is -0.993. The van der Waals surface area contributed by atoms with Crippen molar-refractivity contribution < 1.29 is 14.6 Å². The topological polar surface area (TPSA) is 72.6 Å². The first-order valence-electron chi connectivity index (χ1n) is 3.06. The van der Waals surface area contributed by atoms with Gasteiger partial charge in [0, 0.05) is 0 Å². The van der Waals surface area contributed by atoms with Gasteiger partial charge in [0.1, 0.15) is 0 Å². The van der Waals surface area contributed by atoms with E-state index in [1.807, 2.05) is 0 Å². The molecule has 0 aromatic heterocycles. The number of aromatic hydroxyl groups is 1. The van der Waals surface area contributed by atoms with E-state index in [-0.39, 0.29) is 16.5 Å². The van der Waals surface area contributed by atoms with Crippen LogP contribution >= 0.6 is 11.6 Å². The van der Waals surface area contributed by atoms with Crippen LogP contribution < -0.4 is 10.5 Å². The number of phenolic OH excluding ortho intramolecular Hbond substituents is 1. The van der Waals surface area contributed by atoms with Gasteiger partial charge in [-0.2, -0.15) is 0 Å². The molecule has 12 heavy (non-hydrogen) atoms. The largest absolute Gasteiger partial charge is 0.503 e. The molecule has 0 heterocycles. The van der Waals surface area contributed by atoms with Gasteiger partial charge in [0.25, 0.3) is 0 Å². The van der Waals surface area contributed by atoms with E-state index in [1.165, 1.54) is 18.2 Å². The minimum absolute atomic E-state index is 0.0463. The minimum atomic E-state index is -0.993. The molecule has 0 saturated heterocycles. The molecule has 0 saturated carbocycles. The van der Waals surface area contributed by atoms with Crippen LogP contribution in [0.1, 0.15) is 0 Å². The summed E-state index contributed by atoms with van der Waals surface area (Å²) >= 11 is 5.52. The van der Waals surface area contributed by atoms with Gasteiger partial charge in [-0.3, -0.25) is 0 Å². The molecule has 1 aromatic carbocycles. The lowest BCUT2D eigenvalue weighted by atomic mass is 10.3. The van der Waals surface area contributed by atoms with Crippen LogP contribution in [-0.2, 0) is 0 Å². The van der Waals surface area contributed by atoms with Crippen LogP contribution in [-0.4, -0.2) is 11.2 Å². The molecule has 1 amide bonds. The fraction of sp³-hybridized carbons (Fsp3) is 0. The standard InChI is InChI=1S/C7H6ClNO3/c8-4-2-1-3-5(6(4)10)12-7(9)11/h1-3,10H,(H2,9,11). The third-order valence-corrected chi connectivity index (χ3v) is 1.47. The molecular formula is C7H6ClNO3. The fourth-order valence-electron chi connectivity index (χ4n) is 0.686. The Kier molecular flexibility index (Phi) is 2.40. The van der Waals surface area contributed by atoms with E-state index in [1.54, 1.807) is 0 Å². The van der Waals surface area contributed by atoms with Crippen molar-refractivity contribution in [3.8, 4) is 11.5 Å². The number of hydrogen-bond donors (Lipinski definition) is 2. The van der Waals surface area contributed by atoms with E-state index in [0.717, 1.165) is 0 Å². The van der Waals surface area contributed by atoms with Gasteiger partial charge in [-0.25, -0.2) is 4.79 Å². The highest BCUT2D eigenvalue weighted by molar-refractivity contribution is 6.32. The molecule has 0 spiro atoms. The van der Waals surface area contributed by atoms with Gasteiger partial charge in [0.15, 0.2) is 11.5 Å². The van der Waals surface area contributed by atoms with E-state index >= 15 is 0 Å². The zero-order chi connectivity index (χ0) is 9.14. The van der Waals surface area contributed by atoms with E-state index in [4.69, 9.17) is 17.3 Å². The molecule has 0 atom stereocenters. The summed E-state index contributed by atoms with van der Waals surface area (Å²) in [5.74, 6) is -0.340. The number of benzene rings is 1. The molecule has 0 unspecified atom stereocenters. The maximum Gasteiger partial charge on any atom is 0.410 e. The first-order chi connectivity index (χ1) is 5.61. The molecule has 0 bridgehead atoms. The highest BCUT2D eigenvalue weighted by Crippen LogP contribution is 2.32. The number of amides is 1. The maximum absolute atomic E-state index is 10.3. The van der Waals surface area contributed by atoms with Gasteiger partial charge in [-0.15, -0.1) is 0 Å². The molecule has 1 rings (SSSR count). The lowest BCUT2D eigenvalue weighted by Gasteiger charge is -2.03. The molecule has 64 valence electrons. The van der Waals surface area contributed by atoms with Crippen LogP contribution in [0.5, 0.6) is 11.5 Å². The van der Waals surface area contributed by atoms with E-state index in [9.17, 15) is 9.90 Å². The lowest BCUT2D eigenvalue weighted by Crippen LogP contribution is -2.16. The Morgan fingerprint density at radius 1 is 1.58 bits per heavy atom. The van der Waals surface area contributed by atoms with Crippen LogP contribution in [0, 0.1) is 0 Å². The maximum atomic E-state index is 10.3. The highest BCUT2D eigenvalue weighted by Gasteiger charge is 2.07. The first kappa shape index (κ1) is 8.67. The summed E-state index contributed by atoms with van der Waals surface area (Å²) in [7, 11) is 0. The van der Waals surface area contributed by atoms with Crippen molar-refractivity contribution in [3.63, 3.8) is 0 Å². The zero-order valence-electron chi connectivity index (χ0n) is 5.95. The first-order valence-corrected chi connectivity index (χ1v) is 3.44. The van der Waals surface area contributed by atoms with Crippen molar-refractivity contribution in [2.24, 2.45) is 5.73 Å². The highest BCUT2D eigenvalue weighted by atomic mass is 35.5. The molecule has 0 fully saturated rings. The number of halogens is 1. The van der Waals surface area contributed by atoms with E-state index in [0.29, 0.717) is 0 Å². The summed E-state index contributed by atoms with van der Waals surface area (Å²) in [4.78, 5) is 10.3. The molecule has 0 aliphatic rings. The lowest BCUT2D eigenvalue weighted by molar-refractivity contribution is 0.209. The van der Waals surface area contributed by atoms with Gasteiger partial charge in [0.05, 0.1) is 5.02 Å². The Morgan fingerprint density at radius 2 is 2.25 bits per heavy atom. The van der Waals surface area contributed by atoms with Crippen LogP contribution in [0.2, 0.25) is 5.02 Å². The third kappa shape index (κ3) is 1.79. The molecule has 3 N–H and O–H groups in total. The fourth-order valence-corrected chi connectivity index (χ4v) is 0.852. The number of para-hydroxylation sites is 1. The second-order valence-electron chi connectivity index (χ2n) is 2.01. The molecule has 0 aliphatic heterocycles. The van der Waals surface area contributed by atoms with Crippen molar-refractivity contribution in [2.75, 3.05) is 0 Å². The van der Waals surface area contributed by atoms with Gasteiger partial charge >= 0.3 is 6.09 Å². The van der Waals surface area contributed by atoms with E-state index < -0.39 is 6.09 Å². The van der Waals surface area contributed by atoms with Crippen molar-refractivity contribution in [1.82, 2.24) is 0 Å². The van der Waals surface area contributed by atoms with Gasteiger partial charge in [0.2, 0.25) is 0 Å². The number of ether oxygens (including phenoxy) is 1. The second kappa shape index (κ2) is 3.32. The predicted octanol–water partition coefficient (Wildman–Crippen LogP) is 1.50.